The number of furan rings is 1. The highest BCUT2D eigenvalue weighted by Gasteiger charge is 2.32. The van der Waals surface area contributed by atoms with Gasteiger partial charge < -0.3 is 9.32 Å². The van der Waals surface area contributed by atoms with Crippen LogP contribution in [0.2, 0.25) is 0 Å². The first-order chi connectivity index (χ1) is 11.7. The molecule has 6 nitrogen and oxygen atoms in total. The van der Waals surface area contributed by atoms with Crippen LogP contribution in [0.4, 0.5) is 0 Å². The number of carbonyl (C=O) groups is 1. The van der Waals surface area contributed by atoms with Crippen LogP contribution in [0.15, 0.2) is 47.0 Å². The maximum atomic E-state index is 12.6. The molecule has 0 aliphatic carbocycles. The van der Waals surface area contributed by atoms with Gasteiger partial charge in [-0.2, -0.15) is 0 Å². The third kappa shape index (κ3) is 2.60. The van der Waals surface area contributed by atoms with Gasteiger partial charge in [-0.1, -0.05) is 6.07 Å². The molecule has 1 saturated heterocycles. The van der Waals surface area contributed by atoms with Crippen molar-refractivity contribution in [2.45, 2.75) is 25.8 Å². The van der Waals surface area contributed by atoms with Crippen LogP contribution in [0.3, 0.4) is 0 Å². The Balaban J connectivity index is 1.58. The Morgan fingerprint density at radius 3 is 3.04 bits per heavy atom. The molecule has 0 radical (unpaired) electrons. The molecule has 1 unspecified atom stereocenters. The van der Waals surface area contributed by atoms with Crippen molar-refractivity contribution < 1.29 is 9.21 Å². The quantitative estimate of drug-likeness (QED) is 0.695. The standard InChI is InChI=1S/C18H18N4O2/c1-13-7-8-14(24-13)9-10-17(23)21-12-4-5-15(21)18-20-19-16-6-2-3-11-22(16)18/h2-3,6-11,15H,4-5,12H2,1H3/b10-9+. The Hall–Kier alpha value is -2.89. The molecule has 0 spiro atoms. The maximum Gasteiger partial charge on any atom is 0.247 e. The Kier molecular flexibility index (Phi) is 3.65. The van der Waals surface area contributed by atoms with E-state index in [-0.39, 0.29) is 11.9 Å². The molecule has 3 aromatic heterocycles. The van der Waals surface area contributed by atoms with Crippen molar-refractivity contribution in [3.8, 4) is 0 Å². The Morgan fingerprint density at radius 1 is 1.29 bits per heavy atom. The molecule has 4 heterocycles. The van der Waals surface area contributed by atoms with Gasteiger partial charge in [-0.15, -0.1) is 10.2 Å². The summed E-state index contributed by atoms with van der Waals surface area (Å²) in [6.07, 6.45) is 7.08. The molecule has 0 bridgehead atoms. The molecule has 3 aromatic rings. The highest BCUT2D eigenvalue weighted by Crippen LogP contribution is 2.31. The Morgan fingerprint density at radius 2 is 2.21 bits per heavy atom. The van der Waals surface area contributed by atoms with Crippen molar-refractivity contribution in [2.75, 3.05) is 6.54 Å². The molecule has 1 aliphatic rings. The summed E-state index contributed by atoms with van der Waals surface area (Å²) >= 11 is 0. The monoisotopic (exact) mass is 322 g/mol. The van der Waals surface area contributed by atoms with Crippen LogP contribution in [-0.2, 0) is 4.79 Å². The van der Waals surface area contributed by atoms with E-state index in [0.29, 0.717) is 5.76 Å². The second-order valence-electron chi connectivity index (χ2n) is 5.96. The van der Waals surface area contributed by atoms with Gasteiger partial charge in [0.15, 0.2) is 11.5 Å². The molecule has 1 fully saturated rings. The first-order valence-corrected chi connectivity index (χ1v) is 8.07. The zero-order valence-corrected chi connectivity index (χ0v) is 13.4. The van der Waals surface area contributed by atoms with Crippen LogP contribution in [0.1, 0.15) is 36.2 Å². The predicted molar refractivity (Wildman–Crippen MR) is 89.2 cm³/mol. The first-order valence-electron chi connectivity index (χ1n) is 8.07. The molecule has 0 N–H and O–H groups in total. The fourth-order valence-corrected chi connectivity index (χ4v) is 3.18. The number of hydrogen-bond donors (Lipinski definition) is 0. The molecule has 1 aliphatic heterocycles. The van der Waals surface area contributed by atoms with Gasteiger partial charge in [0.25, 0.3) is 0 Å². The van der Waals surface area contributed by atoms with E-state index in [4.69, 9.17) is 4.42 Å². The minimum Gasteiger partial charge on any atom is -0.462 e. The summed E-state index contributed by atoms with van der Waals surface area (Å²) < 4.78 is 7.42. The van der Waals surface area contributed by atoms with Crippen molar-refractivity contribution >= 4 is 17.6 Å². The fraction of sp³-hybridized carbons (Fsp3) is 0.278. The van der Waals surface area contributed by atoms with Gasteiger partial charge in [-0.05, 0) is 50.1 Å². The van der Waals surface area contributed by atoms with E-state index in [1.54, 1.807) is 12.2 Å². The number of pyridine rings is 1. The lowest BCUT2D eigenvalue weighted by Crippen LogP contribution is -2.30. The fourth-order valence-electron chi connectivity index (χ4n) is 3.18. The van der Waals surface area contributed by atoms with E-state index < -0.39 is 0 Å². The summed E-state index contributed by atoms with van der Waals surface area (Å²) in [6, 6.07) is 9.48. The lowest BCUT2D eigenvalue weighted by Gasteiger charge is -2.22. The normalized spacial score (nSPS) is 18.0. The zero-order chi connectivity index (χ0) is 16.5. The van der Waals surface area contributed by atoms with E-state index >= 15 is 0 Å². The number of aryl methyl sites for hydroxylation is 1. The molecular formula is C18H18N4O2. The molecule has 4 rings (SSSR count). The lowest BCUT2D eigenvalue weighted by atomic mass is 10.2. The van der Waals surface area contributed by atoms with Crippen LogP contribution in [-0.4, -0.2) is 31.9 Å². The van der Waals surface area contributed by atoms with Gasteiger partial charge in [-0.3, -0.25) is 9.20 Å². The highest BCUT2D eigenvalue weighted by atomic mass is 16.3. The molecule has 0 aromatic carbocycles. The second-order valence-corrected chi connectivity index (χ2v) is 5.96. The van der Waals surface area contributed by atoms with Gasteiger partial charge in [0.1, 0.15) is 11.5 Å². The first kappa shape index (κ1) is 14.7. The molecule has 6 heteroatoms. The van der Waals surface area contributed by atoms with E-state index in [0.717, 1.165) is 36.6 Å². The topological polar surface area (TPSA) is 63.6 Å². The lowest BCUT2D eigenvalue weighted by molar-refractivity contribution is -0.127. The SMILES string of the molecule is Cc1ccc(/C=C/C(=O)N2CCCC2c2nnc3ccccn23)o1. The minimum absolute atomic E-state index is 0.0285. The Bertz CT molecular complexity index is 909. The number of hydrogen-bond acceptors (Lipinski definition) is 4. The number of carbonyl (C=O) groups excluding carboxylic acids is 1. The van der Waals surface area contributed by atoms with Crippen molar-refractivity contribution in [1.82, 2.24) is 19.5 Å². The molecule has 1 atom stereocenters. The summed E-state index contributed by atoms with van der Waals surface area (Å²) in [6.45, 7) is 2.61. The molecule has 0 saturated carbocycles. The number of aromatic nitrogens is 3. The summed E-state index contributed by atoms with van der Waals surface area (Å²) in [5.74, 6) is 2.30. The van der Waals surface area contributed by atoms with E-state index in [9.17, 15) is 4.79 Å². The average Bonchev–Trinajstić information content (AvgIpc) is 3.31. The van der Waals surface area contributed by atoms with E-state index in [1.165, 1.54) is 0 Å². The third-order valence-corrected chi connectivity index (χ3v) is 4.33. The Labute approximate surface area is 139 Å². The van der Waals surface area contributed by atoms with Gasteiger partial charge >= 0.3 is 0 Å². The summed E-state index contributed by atoms with van der Waals surface area (Å²) in [4.78, 5) is 14.5. The molecule has 1 amide bonds. The van der Waals surface area contributed by atoms with E-state index in [1.807, 2.05) is 52.8 Å². The van der Waals surface area contributed by atoms with Gasteiger partial charge in [0.2, 0.25) is 5.91 Å². The molecular weight excluding hydrogens is 304 g/mol. The number of likely N-dealkylation sites (tertiary alicyclic amines) is 1. The molecule has 122 valence electrons. The largest absolute Gasteiger partial charge is 0.462 e. The number of amides is 1. The number of rotatable bonds is 3. The second kappa shape index (κ2) is 5.96. The van der Waals surface area contributed by atoms with Gasteiger partial charge in [0, 0.05) is 18.8 Å². The third-order valence-electron chi connectivity index (χ3n) is 4.33. The van der Waals surface area contributed by atoms with Crippen LogP contribution in [0, 0.1) is 6.92 Å². The van der Waals surface area contributed by atoms with Crippen molar-refractivity contribution in [1.29, 1.82) is 0 Å². The summed E-state index contributed by atoms with van der Waals surface area (Å²) in [5.41, 5.74) is 0.799. The smallest absolute Gasteiger partial charge is 0.247 e. The molecule has 24 heavy (non-hydrogen) atoms. The minimum atomic E-state index is -0.0436. The van der Waals surface area contributed by atoms with Crippen LogP contribution in [0.25, 0.3) is 11.7 Å². The van der Waals surface area contributed by atoms with Gasteiger partial charge in [0.05, 0.1) is 6.04 Å². The zero-order valence-electron chi connectivity index (χ0n) is 13.4. The average molecular weight is 322 g/mol. The number of fused-ring (bicyclic) bond motifs is 1. The van der Waals surface area contributed by atoms with Gasteiger partial charge in [-0.25, -0.2) is 0 Å². The van der Waals surface area contributed by atoms with Crippen molar-refractivity contribution in [3.05, 3.63) is 59.9 Å². The van der Waals surface area contributed by atoms with Crippen LogP contribution < -0.4 is 0 Å². The predicted octanol–water partition coefficient (Wildman–Crippen LogP) is 3.01. The number of nitrogens with zero attached hydrogens (tertiary/aromatic N) is 4. The summed E-state index contributed by atoms with van der Waals surface area (Å²) in [7, 11) is 0. The van der Waals surface area contributed by atoms with Crippen molar-refractivity contribution in [2.24, 2.45) is 0 Å². The van der Waals surface area contributed by atoms with Crippen LogP contribution >= 0.6 is 0 Å². The highest BCUT2D eigenvalue weighted by molar-refractivity contribution is 5.91. The van der Waals surface area contributed by atoms with E-state index in [2.05, 4.69) is 10.2 Å². The van der Waals surface area contributed by atoms with Crippen LogP contribution in [0.5, 0.6) is 0 Å². The maximum absolute atomic E-state index is 12.6. The summed E-state index contributed by atoms with van der Waals surface area (Å²) in [5, 5.41) is 8.50. The van der Waals surface area contributed by atoms with Crippen molar-refractivity contribution in [3.63, 3.8) is 0 Å².